The van der Waals surface area contributed by atoms with Gasteiger partial charge in [0.05, 0.1) is 17.2 Å². The van der Waals surface area contributed by atoms with E-state index in [1.165, 1.54) is 12.1 Å². The first-order chi connectivity index (χ1) is 17.0. The number of piperazine rings is 1. The van der Waals surface area contributed by atoms with Crippen LogP contribution in [0.3, 0.4) is 0 Å². The Morgan fingerprint density at radius 1 is 0.971 bits per heavy atom. The number of carbonyl (C=O) groups is 2. The number of ether oxygens (including phenoxy) is 2. The zero-order valence-corrected chi connectivity index (χ0v) is 20.0. The van der Waals surface area contributed by atoms with Gasteiger partial charge in [-0.15, -0.1) is 0 Å². The second-order valence-electron chi connectivity index (χ2n) is 7.95. The lowest BCUT2D eigenvalue weighted by atomic mass is 10.1. The Kier molecular flexibility index (Phi) is 7.82. The van der Waals surface area contributed by atoms with E-state index in [0.717, 1.165) is 11.6 Å². The molecule has 2 heterocycles. The monoisotopic (exact) mass is 497 g/mol. The summed E-state index contributed by atoms with van der Waals surface area (Å²) in [5, 5.41) is 0.0720. The van der Waals surface area contributed by atoms with Crippen molar-refractivity contribution in [2.24, 2.45) is 0 Å². The fourth-order valence-corrected chi connectivity index (χ4v) is 4.05. The van der Waals surface area contributed by atoms with Crippen LogP contribution in [0.25, 0.3) is 0 Å². The number of hydrogen-bond acceptors (Lipinski definition) is 5. The molecule has 3 aromatic rings. The molecule has 4 rings (SSSR count). The van der Waals surface area contributed by atoms with Crippen molar-refractivity contribution in [2.45, 2.75) is 13.5 Å². The van der Waals surface area contributed by atoms with Crippen LogP contribution in [0.5, 0.6) is 11.5 Å². The van der Waals surface area contributed by atoms with Gasteiger partial charge in [0.25, 0.3) is 11.8 Å². The van der Waals surface area contributed by atoms with Gasteiger partial charge in [-0.25, -0.2) is 4.39 Å². The largest absolute Gasteiger partial charge is 0.490 e. The van der Waals surface area contributed by atoms with E-state index in [1.807, 2.05) is 19.1 Å². The van der Waals surface area contributed by atoms with Gasteiger partial charge in [-0.3, -0.25) is 14.6 Å². The highest BCUT2D eigenvalue weighted by Crippen LogP contribution is 2.30. The average Bonchev–Trinajstić information content (AvgIpc) is 2.88. The molecule has 1 aliphatic heterocycles. The van der Waals surface area contributed by atoms with Gasteiger partial charge in [0.1, 0.15) is 12.4 Å². The van der Waals surface area contributed by atoms with Crippen molar-refractivity contribution >= 4 is 23.4 Å². The molecule has 0 bridgehead atoms. The minimum atomic E-state index is -0.498. The van der Waals surface area contributed by atoms with Gasteiger partial charge in [0, 0.05) is 49.7 Å². The number of halogens is 2. The molecule has 1 fully saturated rings. The van der Waals surface area contributed by atoms with Crippen LogP contribution in [-0.2, 0) is 6.61 Å². The predicted molar refractivity (Wildman–Crippen MR) is 129 cm³/mol. The number of benzene rings is 2. The molecule has 0 aliphatic carbocycles. The number of carbonyl (C=O) groups excluding carboxylic acids is 2. The van der Waals surface area contributed by atoms with E-state index in [2.05, 4.69) is 4.98 Å². The molecule has 0 unspecified atom stereocenters. The Hall–Kier alpha value is -3.65. The van der Waals surface area contributed by atoms with Crippen LogP contribution in [0.15, 0.2) is 60.9 Å². The van der Waals surface area contributed by atoms with Gasteiger partial charge >= 0.3 is 0 Å². The first-order valence-corrected chi connectivity index (χ1v) is 11.7. The molecular formula is C26H25ClFN3O4. The zero-order chi connectivity index (χ0) is 24.8. The number of nitrogens with zero attached hydrogens (tertiary/aromatic N) is 3. The molecule has 1 aromatic heterocycles. The van der Waals surface area contributed by atoms with Crippen molar-refractivity contribution in [3.63, 3.8) is 0 Å². The quantitative estimate of drug-likeness (QED) is 0.482. The fourth-order valence-electron chi connectivity index (χ4n) is 3.80. The molecule has 0 atom stereocenters. The van der Waals surface area contributed by atoms with Crippen LogP contribution in [-0.4, -0.2) is 59.4 Å². The Morgan fingerprint density at radius 2 is 1.71 bits per heavy atom. The summed E-state index contributed by atoms with van der Waals surface area (Å²) in [6, 6.07) is 12.6. The lowest BCUT2D eigenvalue weighted by Crippen LogP contribution is -2.50. The van der Waals surface area contributed by atoms with Crippen LogP contribution in [0.2, 0.25) is 5.02 Å². The summed E-state index contributed by atoms with van der Waals surface area (Å²) in [6.07, 6.45) is 3.43. The number of pyridine rings is 1. The van der Waals surface area contributed by atoms with E-state index in [9.17, 15) is 14.0 Å². The Balaban J connectivity index is 1.40. The van der Waals surface area contributed by atoms with E-state index >= 15 is 0 Å². The number of amides is 2. The second kappa shape index (κ2) is 11.2. The third-order valence-corrected chi connectivity index (χ3v) is 5.94. The van der Waals surface area contributed by atoms with Crippen molar-refractivity contribution in [1.82, 2.24) is 14.8 Å². The number of hydrogen-bond donors (Lipinski definition) is 0. The van der Waals surface area contributed by atoms with E-state index in [0.29, 0.717) is 56.5 Å². The maximum atomic E-state index is 13.3. The maximum Gasteiger partial charge on any atom is 0.255 e. The van der Waals surface area contributed by atoms with E-state index in [1.54, 1.807) is 40.4 Å². The summed E-state index contributed by atoms with van der Waals surface area (Å²) >= 11 is 6.04. The molecule has 35 heavy (non-hydrogen) atoms. The molecule has 0 saturated carbocycles. The summed E-state index contributed by atoms with van der Waals surface area (Å²) in [5.41, 5.74) is 1.64. The predicted octanol–water partition coefficient (Wildman–Crippen LogP) is 4.45. The highest BCUT2D eigenvalue weighted by Gasteiger charge is 2.27. The van der Waals surface area contributed by atoms with Crippen LogP contribution >= 0.6 is 11.6 Å². The molecule has 1 saturated heterocycles. The van der Waals surface area contributed by atoms with Crippen LogP contribution in [0.1, 0.15) is 33.2 Å². The SMILES string of the molecule is CCOc1cc(C(=O)N2CCN(C(=O)c3ccc(F)cc3Cl)CC2)ccc1OCc1cccnc1. The molecule has 1 aliphatic rings. The molecule has 7 nitrogen and oxygen atoms in total. The summed E-state index contributed by atoms with van der Waals surface area (Å²) in [6.45, 7) is 4.05. The summed E-state index contributed by atoms with van der Waals surface area (Å²) in [4.78, 5) is 33.3. The Morgan fingerprint density at radius 3 is 2.37 bits per heavy atom. The number of aromatic nitrogens is 1. The van der Waals surface area contributed by atoms with Crippen molar-refractivity contribution in [2.75, 3.05) is 32.8 Å². The van der Waals surface area contributed by atoms with Gasteiger partial charge < -0.3 is 19.3 Å². The first-order valence-electron chi connectivity index (χ1n) is 11.3. The van der Waals surface area contributed by atoms with Gasteiger partial charge in [-0.05, 0) is 49.4 Å². The molecular weight excluding hydrogens is 473 g/mol. The van der Waals surface area contributed by atoms with Crippen LogP contribution in [0.4, 0.5) is 4.39 Å². The summed E-state index contributed by atoms with van der Waals surface area (Å²) in [7, 11) is 0. The third kappa shape index (κ3) is 5.89. The van der Waals surface area contributed by atoms with Crippen molar-refractivity contribution < 1.29 is 23.5 Å². The Labute approximate surface area is 208 Å². The molecule has 0 spiro atoms. The lowest BCUT2D eigenvalue weighted by molar-refractivity contribution is 0.0535. The molecule has 0 N–H and O–H groups in total. The normalized spacial score (nSPS) is 13.5. The highest BCUT2D eigenvalue weighted by atomic mass is 35.5. The molecule has 9 heteroatoms. The third-order valence-electron chi connectivity index (χ3n) is 5.62. The van der Waals surface area contributed by atoms with Gasteiger partial charge in [0.2, 0.25) is 0 Å². The lowest BCUT2D eigenvalue weighted by Gasteiger charge is -2.35. The van der Waals surface area contributed by atoms with Crippen molar-refractivity contribution in [1.29, 1.82) is 0 Å². The van der Waals surface area contributed by atoms with Gasteiger partial charge in [-0.1, -0.05) is 17.7 Å². The van der Waals surface area contributed by atoms with E-state index < -0.39 is 5.82 Å². The fraction of sp³-hybridized carbons (Fsp3) is 0.269. The van der Waals surface area contributed by atoms with Crippen molar-refractivity contribution in [3.05, 3.63) is 88.5 Å². The maximum absolute atomic E-state index is 13.3. The van der Waals surface area contributed by atoms with E-state index in [-0.39, 0.29) is 22.4 Å². The van der Waals surface area contributed by atoms with Gasteiger partial charge in [-0.2, -0.15) is 0 Å². The molecule has 2 amide bonds. The molecule has 2 aromatic carbocycles. The summed E-state index contributed by atoms with van der Waals surface area (Å²) in [5.74, 6) is 0.0928. The Bertz CT molecular complexity index is 1200. The average molecular weight is 498 g/mol. The zero-order valence-electron chi connectivity index (χ0n) is 19.2. The summed E-state index contributed by atoms with van der Waals surface area (Å²) < 4.78 is 24.9. The van der Waals surface area contributed by atoms with Crippen LogP contribution in [0, 0.1) is 5.82 Å². The minimum absolute atomic E-state index is 0.0720. The molecule has 182 valence electrons. The highest BCUT2D eigenvalue weighted by molar-refractivity contribution is 6.33. The molecule has 0 radical (unpaired) electrons. The smallest absolute Gasteiger partial charge is 0.255 e. The first kappa shape index (κ1) is 24.5. The topological polar surface area (TPSA) is 72.0 Å². The van der Waals surface area contributed by atoms with Crippen molar-refractivity contribution in [3.8, 4) is 11.5 Å². The minimum Gasteiger partial charge on any atom is -0.490 e. The van der Waals surface area contributed by atoms with Gasteiger partial charge in [0.15, 0.2) is 11.5 Å². The number of rotatable bonds is 7. The second-order valence-corrected chi connectivity index (χ2v) is 8.36. The van der Waals surface area contributed by atoms with Crippen LogP contribution < -0.4 is 9.47 Å². The van der Waals surface area contributed by atoms with E-state index in [4.69, 9.17) is 21.1 Å². The standard InChI is InChI=1S/C26H25ClFN3O4/c1-2-34-24-14-19(5-8-23(24)35-17-18-4-3-9-29-16-18)25(32)30-10-12-31(13-11-30)26(33)21-7-6-20(28)15-22(21)27/h3-9,14-16H,2,10-13,17H2,1H3.